The number of aryl methyl sites for hydroxylation is 3. The first-order valence-electron chi connectivity index (χ1n) is 10.2. The maximum Gasteiger partial charge on any atom is 0.407 e. The minimum atomic E-state index is -0.643. The van der Waals surface area contributed by atoms with Gasteiger partial charge < -0.3 is 20.7 Å². The zero-order valence-corrected chi connectivity index (χ0v) is 18.4. The normalized spacial score (nSPS) is 10.5. The van der Waals surface area contributed by atoms with Crippen LogP contribution in [0.1, 0.15) is 22.8 Å². The predicted octanol–water partition coefficient (Wildman–Crippen LogP) is 2.04. The van der Waals surface area contributed by atoms with Crippen molar-refractivity contribution < 1.29 is 14.3 Å². The van der Waals surface area contributed by atoms with Crippen LogP contribution in [0, 0.1) is 20.8 Å². The summed E-state index contributed by atoms with van der Waals surface area (Å²) < 4.78 is 6.83. The number of aromatic nitrogens is 4. The molecule has 32 heavy (non-hydrogen) atoms. The molecular weight excluding hydrogens is 410 g/mol. The van der Waals surface area contributed by atoms with Crippen molar-refractivity contribution in [3.63, 3.8) is 0 Å². The number of hydrogen-bond acceptors (Lipinski definition) is 7. The number of alkyl carbamates (subject to hydrolysis) is 1. The molecule has 10 heteroatoms. The maximum absolute atomic E-state index is 11.9. The van der Waals surface area contributed by atoms with Gasteiger partial charge >= 0.3 is 6.09 Å². The number of amides is 2. The average molecular weight is 438 g/mol. The number of anilines is 1. The van der Waals surface area contributed by atoms with Crippen molar-refractivity contribution >= 4 is 17.8 Å². The highest BCUT2D eigenvalue weighted by Gasteiger charge is 2.09. The number of carbonyl (C=O) groups is 2. The zero-order chi connectivity index (χ0) is 22.9. The number of rotatable bonds is 9. The van der Waals surface area contributed by atoms with Crippen molar-refractivity contribution in [2.45, 2.75) is 27.4 Å². The highest BCUT2D eigenvalue weighted by molar-refractivity contribution is 5.82. The fourth-order valence-corrected chi connectivity index (χ4v) is 2.99. The van der Waals surface area contributed by atoms with E-state index in [0.717, 1.165) is 17.0 Å². The second kappa shape index (κ2) is 10.9. The van der Waals surface area contributed by atoms with Gasteiger partial charge in [0.05, 0.1) is 12.2 Å². The van der Waals surface area contributed by atoms with Gasteiger partial charge in [-0.05, 0) is 32.4 Å². The summed E-state index contributed by atoms with van der Waals surface area (Å²) in [5, 5.41) is 12.8. The van der Waals surface area contributed by atoms with Crippen LogP contribution in [-0.2, 0) is 16.1 Å². The van der Waals surface area contributed by atoms with E-state index in [1.54, 1.807) is 10.7 Å². The summed E-state index contributed by atoms with van der Waals surface area (Å²) in [5.74, 6) is 1.61. The molecule has 0 atom stereocenters. The molecular formula is C22H27N7O3. The molecule has 168 valence electrons. The summed E-state index contributed by atoms with van der Waals surface area (Å²) in [6.07, 6.45) is -0.643. The highest BCUT2D eigenvalue weighted by Crippen LogP contribution is 2.13. The first-order valence-corrected chi connectivity index (χ1v) is 10.2. The Morgan fingerprint density at radius 1 is 1.00 bits per heavy atom. The van der Waals surface area contributed by atoms with Gasteiger partial charge in [0.1, 0.15) is 18.2 Å². The van der Waals surface area contributed by atoms with E-state index in [1.165, 1.54) is 0 Å². The molecule has 0 saturated carbocycles. The molecule has 10 nitrogen and oxygen atoms in total. The Hall–Kier alpha value is -3.95. The third-order valence-electron chi connectivity index (χ3n) is 4.41. The van der Waals surface area contributed by atoms with Crippen LogP contribution in [-0.4, -0.2) is 51.4 Å². The van der Waals surface area contributed by atoms with Gasteiger partial charge in [0.2, 0.25) is 5.91 Å². The molecule has 0 saturated heterocycles. The molecule has 2 heterocycles. The molecule has 3 aromatic rings. The molecule has 3 N–H and O–H groups in total. The van der Waals surface area contributed by atoms with Crippen LogP contribution < -0.4 is 16.0 Å². The molecule has 2 aromatic heterocycles. The Morgan fingerprint density at radius 2 is 1.78 bits per heavy atom. The van der Waals surface area contributed by atoms with Crippen molar-refractivity contribution in [2.24, 2.45) is 0 Å². The second-order valence-electron chi connectivity index (χ2n) is 7.19. The highest BCUT2D eigenvalue weighted by atomic mass is 16.5. The Kier molecular flexibility index (Phi) is 7.74. The molecule has 0 bridgehead atoms. The second-order valence-corrected chi connectivity index (χ2v) is 7.19. The van der Waals surface area contributed by atoms with Crippen molar-refractivity contribution in [3.05, 3.63) is 65.2 Å². The topological polar surface area (TPSA) is 123 Å². The van der Waals surface area contributed by atoms with E-state index in [0.29, 0.717) is 30.5 Å². The van der Waals surface area contributed by atoms with Gasteiger partial charge in [0, 0.05) is 24.8 Å². The largest absolute Gasteiger partial charge is 0.445 e. The van der Waals surface area contributed by atoms with E-state index in [2.05, 4.69) is 31.0 Å². The van der Waals surface area contributed by atoms with Gasteiger partial charge in [-0.2, -0.15) is 5.10 Å². The summed E-state index contributed by atoms with van der Waals surface area (Å²) in [6, 6.07) is 13.1. The van der Waals surface area contributed by atoms with Gasteiger partial charge in [-0.15, -0.1) is 0 Å². The Morgan fingerprint density at radius 3 is 2.50 bits per heavy atom. The third kappa shape index (κ3) is 6.79. The Labute approximate surface area is 186 Å². The van der Waals surface area contributed by atoms with E-state index < -0.39 is 6.09 Å². The molecule has 0 spiro atoms. The number of nitrogens with zero attached hydrogens (tertiary/aromatic N) is 4. The number of nitrogens with one attached hydrogen (secondary N) is 3. The lowest BCUT2D eigenvalue weighted by Crippen LogP contribution is -2.38. The minimum absolute atomic E-state index is 0.149. The van der Waals surface area contributed by atoms with Crippen LogP contribution in [0.5, 0.6) is 0 Å². The van der Waals surface area contributed by atoms with E-state index in [4.69, 9.17) is 4.74 Å². The zero-order valence-electron chi connectivity index (χ0n) is 18.4. The van der Waals surface area contributed by atoms with Crippen molar-refractivity contribution in [1.29, 1.82) is 0 Å². The smallest absolute Gasteiger partial charge is 0.407 e. The molecule has 1 aromatic carbocycles. The lowest BCUT2D eigenvalue weighted by atomic mass is 10.2. The van der Waals surface area contributed by atoms with Gasteiger partial charge in [-0.1, -0.05) is 30.3 Å². The van der Waals surface area contributed by atoms with E-state index in [9.17, 15) is 9.59 Å². The van der Waals surface area contributed by atoms with E-state index >= 15 is 0 Å². The van der Waals surface area contributed by atoms with Gasteiger partial charge in [-0.25, -0.2) is 19.4 Å². The van der Waals surface area contributed by atoms with Crippen LogP contribution in [0.15, 0.2) is 42.5 Å². The minimum Gasteiger partial charge on any atom is -0.445 e. The quantitative estimate of drug-likeness (QED) is 0.438. The van der Waals surface area contributed by atoms with Crippen LogP contribution in [0.2, 0.25) is 0 Å². The standard InChI is InChI=1S/C22H27N7O3/c1-15-11-16(2)29(28-15)20-12-19(26-17(3)27-20)23-9-10-24-21(30)13-25-22(31)32-14-18-7-5-4-6-8-18/h4-8,11-12H,9-10,13-14H2,1-3H3,(H,24,30)(H,25,31)(H,23,26,27). The van der Waals surface area contributed by atoms with Gasteiger partial charge in [0.15, 0.2) is 5.82 Å². The average Bonchev–Trinajstić information content (AvgIpc) is 3.12. The summed E-state index contributed by atoms with van der Waals surface area (Å²) in [5.41, 5.74) is 2.77. The molecule has 0 aliphatic heterocycles. The summed E-state index contributed by atoms with van der Waals surface area (Å²) in [6.45, 7) is 6.50. The van der Waals surface area contributed by atoms with Crippen molar-refractivity contribution in [1.82, 2.24) is 30.4 Å². The molecule has 0 aliphatic rings. The summed E-state index contributed by atoms with van der Waals surface area (Å²) in [4.78, 5) is 32.4. The van der Waals surface area contributed by atoms with Crippen LogP contribution in [0.25, 0.3) is 5.82 Å². The first kappa shape index (κ1) is 22.7. The fraction of sp³-hybridized carbons (Fsp3) is 0.318. The fourth-order valence-electron chi connectivity index (χ4n) is 2.99. The van der Waals surface area contributed by atoms with Crippen LogP contribution in [0.4, 0.5) is 10.6 Å². The van der Waals surface area contributed by atoms with Crippen LogP contribution >= 0.6 is 0 Å². The van der Waals surface area contributed by atoms with Crippen molar-refractivity contribution in [2.75, 3.05) is 25.0 Å². The van der Waals surface area contributed by atoms with Gasteiger partial charge in [-0.3, -0.25) is 4.79 Å². The first-order chi connectivity index (χ1) is 15.4. The SMILES string of the molecule is Cc1cc(C)n(-c2cc(NCCNC(=O)CNC(=O)OCc3ccccc3)nc(C)n2)n1. The number of benzene rings is 1. The Bertz CT molecular complexity index is 1070. The molecule has 0 aliphatic carbocycles. The summed E-state index contributed by atoms with van der Waals surface area (Å²) >= 11 is 0. The molecule has 0 unspecified atom stereocenters. The monoisotopic (exact) mass is 437 g/mol. The van der Waals surface area contributed by atoms with Crippen molar-refractivity contribution in [3.8, 4) is 5.82 Å². The van der Waals surface area contributed by atoms with Crippen LogP contribution in [0.3, 0.4) is 0 Å². The molecule has 0 fully saturated rings. The molecule has 0 radical (unpaired) electrons. The maximum atomic E-state index is 11.9. The number of ether oxygens (including phenoxy) is 1. The third-order valence-corrected chi connectivity index (χ3v) is 4.41. The molecule has 3 rings (SSSR count). The number of hydrogen-bond donors (Lipinski definition) is 3. The summed E-state index contributed by atoms with van der Waals surface area (Å²) in [7, 11) is 0. The number of carbonyl (C=O) groups excluding carboxylic acids is 2. The Balaban J connectivity index is 1.38. The van der Waals surface area contributed by atoms with Gasteiger partial charge in [0.25, 0.3) is 0 Å². The van der Waals surface area contributed by atoms with E-state index in [1.807, 2.05) is 57.2 Å². The molecule has 2 amide bonds. The van der Waals surface area contributed by atoms with E-state index in [-0.39, 0.29) is 19.1 Å². The predicted molar refractivity (Wildman–Crippen MR) is 119 cm³/mol. The lowest BCUT2D eigenvalue weighted by molar-refractivity contribution is -0.120. The lowest BCUT2D eigenvalue weighted by Gasteiger charge is -2.11.